The highest BCUT2D eigenvalue weighted by Crippen LogP contribution is 2.27. The molecule has 1 unspecified atom stereocenters. The third kappa shape index (κ3) is 4.27. The first-order valence-corrected chi connectivity index (χ1v) is 8.84. The molecule has 0 aliphatic carbocycles. The zero-order chi connectivity index (χ0) is 17.5. The van der Waals surface area contributed by atoms with Crippen LogP contribution in [0.1, 0.15) is 25.3 Å². The third-order valence-corrected chi connectivity index (χ3v) is 4.65. The minimum Gasteiger partial charge on any atom is -0.375 e. The van der Waals surface area contributed by atoms with Crippen molar-refractivity contribution in [3.05, 3.63) is 54.4 Å². The monoisotopic (exact) mass is 342 g/mol. The van der Waals surface area contributed by atoms with Crippen molar-refractivity contribution in [3.63, 3.8) is 0 Å². The van der Waals surface area contributed by atoms with Gasteiger partial charge in [0.1, 0.15) is 5.54 Å². The maximum atomic E-state index is 13.0. The maximum Gasteiger partial charge on any atom is 0.248 e. The number of carbonyl (C=O) groups is 1. The van der Waals surface area contributed by atoms with Crippen LogP contribution in [0.5, 0.6) is 0 Å². The molecule has 1 atom stereocenters. The topological polar surface area (TPSA) is 68.2 Å². The van der Waals surface area contributed by atoms with Crippen LogP contribution in [0.2, 0.25) is 0 Å². The lowest BCUT2D eigenvalue weighted by molar-refractivity contribution is -0.133. The van der Waals surface area contributed by atoms with Gasteiger partial charge in [-0.3, -0.25) is 9.48 Å². The summed E-state index contributed by atoms with van der Waals surface area (Å²) < 4.78 is 7.55. The van der Waals surface area contributed by atoms with Gasteiger partial charge < -0.3 is 15.4 Å². The van der Waals surface area contributed by atoms with Crippen LogP contribution >= 0.6 is 0 Å². The molecule has 1 saturated heterocycles. The molecule has 1 aliphatic rings. The van der Waals surface area contributed by atoms with E-state index in [0.717, 1.165) is 31.5 Å². The highest BCUT2D eigenvalue weighted by atomic mass is 16.5. The summed E-state index contributed by atoms with van der Waals surface area (Å²) in [4.78, 5) is 13.0. The van der Waals surface area contributed by atoms with Gasteiger partial charge in [-0.1, -0.05) is 30.3 Å². The molecule has 6 heteroatoms. The minimum absolute atomic E-state index is 0.0218. The summed E-state index contributed by atoms with van der Waals surface area (Å²) in [6.07, 6.45) is 5.07. The van der Waals surface area contributed by atoms with Gasteiger partial charge in [-0.05, 0) is 44.5 Å². The number of benzene rings is 1. The Hall–Kier alpha value is -2.18. The molecule has 2 N–H and O–H groups in total. The van der Waals surface area contributed by atoms with Crippen molar-refractivity contribution in [1.29, 1.82) is 0 Å². The maximum absolute atomic E-state index is 13.0. The predicted octanol–water partition coefficient (Wildman–Crippen LogP) is 1.68. The summed E-state index contributed by atoms with van der Waals surface area (Å²) in [5.41, 5.74) is 0.523. The zero-order valence-electron chi connectivity index (χ0n) is 14.6. The van der Waals surface area contributed by atoms with Gasteiger partial charge in [-0.25, -0.2) is 0 Å². The number of nitrogens with one attached hydrogen (secondary N) is 2. The van der Waals surface area contributed by atoms with Crippen molar-refractivity contribution in [2.24, 2.45) is 0 Å². The van der Waals surface area contributed by atoms with Gasteiger partial charge in [-0.15, -0.1) is 0 Å². The fourth-order valence-electron chi connectivity index (χ4n) is 3.25. The number of carbonyl (C=O) groups excluding carboxylic acids is 1. The molecule has 0 bridgehead atoms. The molecule has 1 aromatic heterocycles. The number of aromatic nitrogens is 2. The molecule has 6 nitrogen and oxygen atoms in total. The van der Waals surface area contributed by atoms with E-state index in [-0.39, 0.29) is 11.9 Å². The van der Waals surface area contributed by atoms with Gasteiger partial charge in [0.2, 0.25) is 5.91 Å². The second-order valence-corrected chi connectivity index (χ2v) is 6.61. The molecule has 2 heterocycles. The Morgan fingerprint density at radius 1 is 1.32 bits per heavy atom. The summed E-state index contributed by atoms with van der Waals surface area (Å²) >= 11 is 0. The van der Waals surface area contributed by atoms with E-state index in [4.69, 9.17) is 4.74 Å². The van der Waals surface area contributed by atoms with Crippen LogP contribution in [0.4, 0.5) is 0 Å². The Morgan fingerprint density at radius 3 is 2.76 bits per heavy atom. The number of rotatable bonds is 7. The Kier molecular flexibility index (Phi) is 5.83. The van der Waals surface area contributed by atoms with E-state index in [1.807, 2.05) is 49.5 Å². The number of ether oxygens (including phenoxy) is 1. The largest absolute Gasteiger partial charge is 0.375 e. The van der Waals surface area contributed by atoms with Crippen LogP contribution in [0.15, 0.2) is 48.8 Å². The molecule has 0 saturated carbocycles. The molecule has 2 aromatic rings. The van der Waals surface area contributed by atoms with Crippen molar-refractivity contribution in [1.82, 2.24) is 20.4 Å². The number of amides is 1. The van der Waals surface area contributed by atoms with Crippen LogP contribution in [0.25, 0.3) is 0 Å². The van der Waals surface area contributed by atoms with Crippen molar-refractivity contribution in [2.75, 3.05) is 19.7 Å². The lowest BCUT2D eigenvalue weighted by atomic mass is 9.87. The molecule has 25 heavy (non-hydrogen) atoms. The quantitative estimate of drug-likeness (QED) is 0.803. The van der Waals surface area contributed by atoms with Gasteiger partial charge in [0, 0.05) is 18.4 Å². The first-order valence-electron chi connectivity index (χ1n) is 8.84. The molecule has 1 aromatic carbocycles. The van der Waals surface area contributed by atoms with Gasteiger partial charge in [0.25, 0.3) is 0 Å². The Bertz CT molecular complexity index is 651. The normalized spacial score (nSPS) is 17.8. The van der Waals surface area contributed by atoms with E-state index in [0.29, 0.717) is 13.2 Å². The molecule has 1 aliphatic heterocycles. The molecule has 1 fully saturated rings. The van der Waals surface area contributed by atoms with E-state index < -0.39 is 5.54 Å². The average Bonchev–Trinajstić information content (AvgIpc) is 3.18. The highest BCUT2D eigenvalue weighted by Gasteiger charge is 2.42. The van der Waals surface area contributed by atoms with E-state index >= 15 is 0 Å². The molecule has 0 spiro atoms. The second kappa shape index (κ2) is 8.27. The summed E-state index contributed by atoms with van der Waals surface area (Å²) in [7, 11) is 0. The van der Waals surface area contributed by atoms with E-state index in [1.54, 1.807) is 10.9 Å². The SMILES string of the molecule is CC(COCc1ccccc1)NC(=O)C1(n2cccn2)CCNCC1. The summed E-state index contributed by atoms with van der Waals surface area (Å²) in [5, 5.41) is 10.8. The second-order valence-electron chi connectivity index (χ2n) is 6.61. The number of hydrogen-bond donors (Lipinski definition) is 2. The fraction of sp³-hybridized carbons (Fsp3) is 0.474. The molecule has 1 amide bonds. The number of nitrogens with zero attached hydrogens (tertiary/aromatic N) is 2. The Labute approximate surface area is 148 Å². The summed E-state index contributed by atoms with van der Waals surface area (Å²) in [6, 6.07) is 11.8. The van der Waals surface area contributed by atoms with E-state index in [9.17, 15) is 4.79 Å². The van der Waals surface area contributed by atoms with Gasteiger partial charge in [-0.2, -0.15) is 5.10 Å². The zero-order valence-corrected chi connectivity index (χ0v) is 14.6. The smallest absolute Gasteiger partial charge is 0.248 e. The van der Waals surface area contributed by atoms with Crippen LogP contribution in [0.3, 0.4) is 0 Å². The Morgan fingerprint density at radius 2 is 2.08 bits per heavy atom. The van der Waals surface area contributed by atoms with Crippen molar-refractivity contribution >= 4 is 5.91 Å². The van der Waals surface area contributed by atoms with Crippen LogP contribution in [-0.4, -0.2) is 41.4 Å². The van der Waals surface area contributed by atoms with Crippen molar-refractivity contribution in [3.8, 4) is 0 Å². The number of hydrogen-bond acceptors (Lipinski definition) is 4. The standard InChI is InChI=1S/C19H26N4O2/c1-16(14-25-15-17-6-3-2-4-7-17)22-18(24)19(8-11-20-12-9-19)23-13-5-10-21-23/h2-7,10,13,16,20H,8-9,11-12,14-15H2,1H3,(H,22,24). The van der Waals surface area contributed by atoms with Gasteiger partial charge >= 0.3 is 0 Å². The summed E-state index contributed by atoms with van der Waals surface area (Å²) in [5.74, 6) is 0.0218. The van der Waals surface area contributed by atoms with Crippen LogP contribution in [0, 0.1) is 0 Å². The minimum atomic E-state index is -0.609. The first-order chi connectivity index (χ1) is 12.2. The average molecular weight is 342 g/mol. The highest BCUT2D eigenvalue weighted by molar-refractivity contribution is 5.84. The molecular formula is C19H26N4O2. The lowest BCUT2D eigenvalue weighted by Gasteiger charge is -2.37. The van der Waals surface area contributed by atoms with Crippen molar-refractivity contribution in [2.45, 2.75) is 38.0 Å². The van der Waals surface area contributed by atoms with E-state index in [1.165, 1.54) is 0 Å². The predicted molar refractivity (Wildman–Crippen MR) is 96.0 cm³/mol. The molecule has 0 radical (unpaired) electrons. The van der Waals surface area contributed by atoms with E-state index in [2.05, 4.69) is 15.7 Å². The number of piperidine rings is 1. The third-order valence-electron chi connectivity index (χ3n) is 4.65. The fourth-order valence-corrected chi connectivity index (χ4v) is 3.25. The molecule has 134 valence electrons. The van der Waals surface area contributed by atoms with Gasteiger partial charge in [0.15, 0.2) is 0 Å². The van der Waals surface area contributed by atoms with Crippen molar-refractivity contribution < 1.29 is 9.53 Å². The lowest BCUT2D eigenvalue weighted by Crippen LogP contribution is -2.56. The Balaban J connectivity index is 1.56. The van der Waals surface area contributed by atoms with Crippen LogP contribution < -0.4 is 10.6 Å². The first kappa shape index (κ1) is 17.6. The van der Waals surface area contributed by atoms with Crippen LogP contribution in [-0.2, 0) is 21.7 Å². The molecular weight excluding hydrogens is 316 g/mol. The summed E-state index contributed by atoms with van der Waals surface area (Å²) in [6.45, 7) is 4.63. The molecule has 3 rings (SSSR count). The van der Waals surface area contributed by atoms with Gasteiger partial charge in [0.05, 0.1) is 13.2 Å².